The number of nitrogens with zero attached hydrogens (tertiary/aromatic N) is 1. The van der Waals surface area contributed by atoms with Crippen molar-refractivity contribution in [2.24, 2.45) is 5.41 Å². The molecule has 0 fully saturated rings. The first kappa shape index (κ1) is 20.1. The van der Waals surface area contributed by atoms with Crippen LogP contribution >= 0.6 is 0 Å². The van der Waals surface area contributed by atoms with Crippen molar-refractivity contribution in [2.75, 3.05) is 0 Å². The molecule has 1 unspecified atom stereocenters. The number of dihydropyridines is 1. The highest BCUT2D eigenvalue weighted by molar-refractivity contribution is 6.28. The van der Waals surface area contributed by atoms with Crippen LogP contribution in [-0.2, 0) is 4.79 Å². The number of non-ortho nitro benzene ring substituents is 1. The highest BCUT2D eigenvalue weighted by Crippen LogP contribution is 2.49. The van der Waals surface area contributed by atoms with E-state index in [-0.39, 0.29) is 39.7 Å². The van der Waals surface area contributed by atoms with E-state index in [1.807, 2.05) is 13.8 Å². The Bertz CT molecular complexity index is 1300. The van der Waals surface area contributed by atoms with Crippen LogP contribution in [0, 0.1) is 15.5 Å². The van der Waals surface area contributed by atoms with Crippen LogP contribution in [0.5, 0.6) is 0 Å². The molecule has 0 amide bonds. The molecule has 0 aromatic heterocycles. The lowest BCUT2D eigenvalue weighted by atomic mass is 9.66. The minimum Gasteiger partial charge on any atom is -0.355 e. The highest BCUT2D eigenvalue weighted by atomic mass is 16.6. The van der Waals surface area contributed by atoms with Crippen molar-refractivity contribution in [3.63, 3.8) is 0 Å². The highest BCUT2D eigenvalue weighted by Gasteiger charge is 2.46. The maximum absolute atomic E-state index is 13.6. The third-order valence-electron chi connectivity index (χ3n) is 6.37. The first-order valence-electron chi connectivity index (χ1n) is 10.4. The molecule has 2 aromatic rings. The van der Waals surface area contributed by atoms with Gasteiger partial charge in [0.25, 0.3) is 5.69 Å². The van der Waals surface area contributed by atoms with Crippen molar-refractivity contribution in [1.29, 1.82) is 0 Å². The van der Waals surface area contributed by atoms with E-state index < -0.39 is 10.8 Å². The molecule has 3 aliphatic rings. The third kappa shape index (κ3) is 2.92. The van der Waals surface area contributed by atoms with Crippen molar-refractivity contribution >= 4 is 23.0 Å². The van der Waals surface area contributed by atoms with E-state index in [0.29, 0.717) is 40.8 Å². The number of benzene rings is 2. The molecule has 0 bridgehead atoms. The SMILES string of the molecule is CC1(C)CC(=O)C2=C(C1)NC1=C(C(=O)c3ccccc3C1=O)C2c1ccc([N+](=O)[O-])cc1. The number of rotatable bonds is 2. The number of carbonyl (C=O) groups excluding carboxylic acids is 3. The van der Waals surface area contributed by atoms with Gasteiger partial charge in [-0.25, -0.2) is 0 Å². The maximum Gasteiger partial charge on any atom is 0.269 e. The molecular weight excluding hydrogens is 408 g/mol. The van der Waals surface area contributed by atoms with Crippen LogP contribution in [0.4, 0.5) is 5.69 Å². The topological polar surface area (TPSA) is 106 Å². The number of allylic oxidation sites excluding steroid dienone is 4. The summed E-state index contributed by atoms with van der Waals surface area (Å²) in [6.45, 7) is 3.98. The number of fused-ring (bicyclic) bond motifs is 1. The average molecular weight is 428 g/mol. The number of hydrogen-bond donors (Lipinski definition) is 1. The second-order valence-electron chi connectivity index (χ2n) is 9.23. The Balaban J connectivity index is 1.74. The third-order valence-corrected chi connectivity index (χ3v) is 6.37. The van der Waals surface area contributed by atoms with Crippen molar-refractivity contribution in [3.8, 4) is 0 Å². The van der Waals surface area contributed by atoms with Crippen LogP contribution < -0.4 is 5.32 Å². The number of carbonyl (C=O) groups is 3. The fourth-order valence-electron chi connectivity index (χ4n) is 4.99. The molecule has 5 rings (SSSR count). The van der Waals surface area contributed by atoms with E-state index in [9.17, 15) is 24.5 Å². The average Bonchev–Trinajstić information content (AvgIpc) is 2.75. The standard InChI is InChI=1S/C25H20N2O5/c1-25(2)11-17-20(18(28)12-25)19(13-7-9-14(10-8-13)27(31)32)21-22(26-17)24(30)16-6-4-3-5-15(16)23(21)29/h3-10,19,26H,11-12H2,1-2H3. The second-order valence-corrected chi connectivity index (χ2v) is 9.23. The zero-order chi connectivity index (χ0) is 22.8. The molecular formula is C25H20N2O5. The van der Waals surface area contributed by atoms with Crippen molar-refractivity contribution in [2.45, 2.75) is 32.6 Å². The van der Waals surface area contributed by atoms with Crippen LogP contribution in [0.25, 0.3) is 0 Å². The summed E-state index contributed by atoms with van der Waals surface area (Å²) in [6.07, 6.45) is 0.871. The molecule has 7 heteroatoms. The van der Waals surface area contributed by atoms with Crippen molar-refractivity contribution in [3.05, 3.63) is 97.9 Å². The summed E-state index contributed by atoms with van der Waals surface area (Å²) < 4.78 is 0. The van der Waals surface area contributed by atoms with Crippen LogP contribution in [0.3, 0.4) is 0 Å². The number of nitro benzene ring substituents is 1. The van der Waals surface area contributed by atoms with E-state index in [0.717, 1.165) is 0 Å². The Hall–Kier alpha value is -3.87. The molecule has 1 N–H and O–H groups in total. The normalized spacial score (nSPS) is 21.6. The predicted octanol–water partition coefficient (Wildman–Crippen LogP) is 4.26. The van der Waals surface area contributed by atoms with Crippen molar-refractivity contribution in [1.82, 2.24) is 5.32 Å². The number of nitrogens with one attached hydrogen (secondary N) is 1. The van der Waals surface area contributed by atoms with Crippen molar-refractivity contribution < 1.29 is 19.3 Å². The Kier molecular flexibility index (Phi) is 4.27. The van der Waals surface area contributed by atoms with Gasteiger partial charge >= 0.3 is 0 Å². The largest absolute Gasteiger partial charge is 0.355 e. The van der Waals surface area contributed by atoms with Gasteiger partial charge in [0, 0.05) is 52.4 Å². The number of ketones is 3. The van der Waals surface area contributed by atoms with Gasteiger partial charge in [-0.15, -0.1) is 0 Å². The van der Waals surface area contributed by atoms with Crippen LogP contribution in [0.2, 0.25) is 0 Å². The Morgan fingerprint density at radius 3 is 2.16 bits per heavy atom. The molecule has 32 heavy (non-hydrogen) atoms. The van der Waals surface area contributed by atoms with Gasteiger partial charge in [0.1, 0.15) is 0 Å². The Labute approximate surface area is 184 Å². The minimum absolute atomic E-state index is 0.0846. The molecule has 0 saturated heterocycles. The summed E-state index contributed by atoms with van der Waals surface area (Å²) in [5.74, 6) is -1.44. The molecule has 1 heterocycles. The van der Waals surface area contributed by atoms with E-state index in [1.54, 1.807) is 36.4 Å². The lowest BCUT2D eigenvalue weighted by Gasteiger charge is -2.41. The van der Waals surface area contributed by atoms with E-state index >= 15 is 0 Å². The monoisotopic (exact) mass is 428 g/mol. The molecule has 2 aromatic carbocycles. The number of nitro groups is 1. The number of hydrogen-bond acceptors (Lipinski definition) is 6. The zero-order valence-corrected chi connectivity index (χ0v) is 17.6. The maximum atomic E-state index is 13.6. The van der Waals surface area contributed by atoms with Gasteiger partial charge in [-0.1, -0.05) is 50.2 Å². The summed E-state index contributed by atoms with van der Waals surface area (Å²) >= 11 is 0. The summed E-state index contributed by atoms with van der Waals surface area (Å²) in [5.41, 5.74) is 2.38. The van der Waals surface area contributed by atoms with Gasteiger partial charge in [-0.2, -0.15) is 0 Å². The smallest absolute Gasteiger partial charge is 0.269 e. The van der Waals surface area contributed by atoms with E-state index in [4.69, 9.17) is 0 Å². The van der Waals surface area contributed by atoms with Crippen LogP contribution in [0.15, 0.2) is 71.1 Å². The molecule has 7 nitrogen and oxygen atoms in total. The zero-order valence-electron chi connectivity index (χ0n) is 17.6. The summed E-state index contributed by atoms with van der Waals surface area (Å²) in [7, 11) is 0. The van der Waals surface area contributed by atoms with E-state index in [2.05, 4.69) is 5.32 Å². The minimum atomic E-state index is -0.754. The first-order valence-corrected chi connectivity index (χ1v) is 10.4. The van der Waals surface area contributed by atoms with Gasteiger partial charge < -0.3 is 5.32 Å². The van der Waals surface area contributed by atoms with Crippen LogP contribution in [-0.4, -0.2) is 22.3 Å². The lowest BCUT2D eigenvalue weighted by Crippen LogP contribution is -2.42. The van der Waals surface area contributed by atoms with Crippen LogP contribution in [0.1, 0.15) is 58.9 Å². The lowest BCUT2D eigenvalue weighted by molar-refractivity contribution is -0.384. The summed E-state index contributed by atoms with van der Waals surface area (Å²) in [5, 5.41) is 14.3. The molecule has 1 atom stereocenters. The fourth-order valence-corrected chi connectivity index (χ4v) is 4.99. The molecule has 2 aliphatic carbocycles. The number of Topliss-reactive ketones (excluding diaryl/α,β-unsaturated/α-hetero) is 3. The van der Waals surface area contributed by atoms with Gasteiger partial charge in [-0.3, -0.25) is 24.5 Å². The molecule has 1 aliphatic heterocycles. The second kappa shape index (κ2) is 6.82. The van der Waals surface area contributed by atoms with Gasteiger partial charge in [-0.05, 0) is 17.4 Å². The predicted molar refractivity (Wildman–Crippen MR) is 116 cm³/mol. The quantitative estimate of drug-likeness (QED) is 0.566. The fraction of sp³-hybridized carbons (Fsp3) is 0.240. The molecule has 0 radical (unpaired) electrons. The van der Waals surface area contributed by atoms with Gasteiger partial charge in [0.05, 0.1) is 10.6 Å². The first-order chi connectivity index (χ1) is 15.2. The Morgan fingerprint density at radius 2 is 1.53 bits per heavy atom. The summed E-state index contributed by atoms with van der Waals surface area (Å²) in [4.78, 5) is 50.8. The molecule has 160 valence electrons. The van der Waals surface area contributed by atoms with Gasteiger partial charge in [0.15, 0.2) is 11.6 Å². The summed E-state index contributed by atoms with van der Waals surface area (Å²) in [6, 6.07) is 12.5. The Morgan fingerprint density at radius 1 is 0.906 bits per heavy atom. The van der Waals surface area contributed by atoms with E-state index in [1.165, 1.54) is 12.1 Å². The molecule has 0 spiro atoms. The van der Waals surface area contributed by atoms with Gasteiger partial charge in [0.2, 0.25) is 5.78 Å². The molecule has 0 saturated carbocycles.